The fourth-order valence-electron chi connectivity index (χ4n) is 1.67. The van der Waals surface area contributed by atoms with Crippen molar-refractivity contribution in [2.24, 2.45) is 5.92 Å². The molecule has 1 aromatic rings. The first-order valence-electron chi connectivity index (χ1n) is 6.01. The molecule has 0 aliphatic carbocycles. The second kappa shape index (κ2) is 7.60. The topological polar surface area (TPSA) is 29.9 Å². The molecule has 16 heavy (non-hydrogen) atoms. The first kappa shape index (κ1) is 13.4. The average Bonchev–Trinajstić information content (AvgIpc) is 2.66. The molecule has 0 spiro atoms. The highest BCUT2D eigenvalue weighted by atomic mass is 32.2. The summed E-state index contributed by atoms with van der Waals surface area (Å²) < 4.78 is 2.22. The number of anilines is 1. The molecule has 1 aromatic heterocycles. The molecule has 92 valence electrons. The predicted octanol–water partition coefficient (Wildman–Crippen LogP) is 3.09. The van der Waals surface area contributed by atoms with Crippen LogP contribution in [0.5, 0.6) is 0 Å². The summed E-state index contributed by atoms with van der Waals surface area (Å²) in [5, 5.41) is 3.39. The summed E-state index contributed by atoms with van der Waals surface area (Å²) in [4.78, 5) is 4.35. The second-order valence-corrected chi connectivity index (χ2v) is 5.15. The van der Waals surface area contributed by atoms with E-state index in [1.807, 2.05) is 18.0 Å². The zero-order chi connectivity index (χ0) is 11.8. The van der Waals surface area contributed by atoms with Crippen molar-refractivity contribution in [1.82, 2.24) is 9.55 Å². The lowest BCUT2D eigenvalue weighted by Crippen LogP contribution is -2.13. The van der Waals surface area contributed by atoms with Crippen LogP contribution in [0.2, 0.25) is 0 Å². The standard InChI is InChI=1S/C12H23N3S/c1-4-5-6-13-12-14-7-8-15(12)9-11(2)10-16-3/h7-8,11H,4-6,9-10H2,1-3H3,(H,13,14). The highest BCUT2D eigenvalue weighted by Crippen LogP contribution is 2.12. The van der Waals surface area contributed by atoms with Gasteiger partial charge >= 0.3 is 0 Å². The Hall–Kier alpha value is -0.640. The molecule has 1 heterocycles. The lowest BCUT2D eigenvalue weighted by Gasteiger charge is -2.14. The third-order valence-electron chi connectivity index (χ3n) is 2.49. The molecule has 1 unspecified atom stereocenters. The van der Waals surface area contributed by atoms with E-state index in [4.69, 9.17) is 0 Å². The van der Waals surface area contributed by atoms with Gasteiger partial charge in [0.05, 0.1) is 0 Å². The van der Waals surface area contributed by atoms with Gasteiger partial charge in [0.1, 0.15) is 0 Å². The minimum absolute atomic E-state index is 0.691. The van der Waals surface area contributed by atoms with Crippen LogP contribution >= 0.6 is 11.8 Å². The van der Waals surface area contributed by atoms with Gasteiger partial charge in [-0.1, -0.05) is 20.3 Å². The van der Waals surface area contributed by atoms with Gasteiger partial charge in [0.25, 0.3) is 0 Å². The van der Waals surface area contributed by atoms with Crippen molar-refractivity contribution in [2.45, 2.75) is 33.2 Å². The van der Waals surface area contributed by atoms with Crippen LogP contribution in [0, 0.1) is 5.92 Å². The summed E-state index contributed by atoms with van der Waals surface area (Å²) in [7, 11) is 0. The van der Waals surface area contributed by atoms with Crippen LogP contribution in [0.4, 0.5) is 5.95 Å². The van der Waals surface area contributed by atoms with Gasteiger partial charge in [0.2, 0.25) is 5.95 Å². The molecule has 0 aliphatic heterocycles. The third-order valence-corrected chi connectivity index (χ3v) is 3.39. The van der Waals surface area contributed by atoms with Gasteiger partial charge in [-0.3, -0.25) is 0 Å². The van der Waals surface area contributed by atoms with Crippen LogP contribution in [-0.2, 0) is 6.54 Å². The van der Waals surface area contributed by atoms with Crippen molar-refractivity contribution in [2.75, 3.05) is 23.9 Å². The molecule has 4 heteroatoms. The van der Waals surface area contributed by atoms with E-state index >= 15 is 0 Å². The minimum Gasteiger partial charge on any atom is -0.356 e. The Morgan fingerprint density at radius 2 is 2.38 bits per heavy atom. The van der Waals surface area contributed by atoms with E-state index in [0.717, 1.165) is 19.0 Å². The molecule has 0 aromatic carbocycles. The summed E-state index contributed by atoms with van der Waals surface area (Å²) in [6.07, 6.45) is 8.51. The molecule has 0 saturated carbocycles. The maximum absolute atomic E-state index is 4.35. The molecule has 0 amide bonds. The smallest absolute Gasteiger partial charge is 0.202 e. The number of thioether (sulfide) groups is 1. The number of unbranched alkanes of at least 4 members (excludes halogenated alkanes) is 1. The highest BCUT2D eigenvalue weighted by molar-refractivity contribution is 7.98. The molecule has 1 atom stereocenters. The van der Waals surface area contributed by atoms with Gasteiger partial charge in [0, 0.05) is 25.5 Å². The largest absolute Gasteiger partial charge is 0.356 e. The van der Waals surface area contributed by atoms with E-state index in [1.165, 1.54) is 18.6 Å². The lowest BCUT2D eigenvalue weighted by atomic mass is 10.2. The summed E-state index contributed by atoms with van der Waals surface area (Å²) in [6, 6.07) is 0. The van der Waals surface area contributed by atoms with Crippen LogP contribution < -0.4 is 5.32 Å². The molecule has 0 fully saturated rings. The number of rotatable bonds is 8. The Bertz CT molecular complexity index is 286. The van der Waals surface area contributed by atoms with Crippen LogP contribution in [0.1, 0.15) is 26.7 Å². The van der Waals surface area contributed by atoms with Gasteiger partial charge in [-0.25, -0.2) is 4.98 Å². The Kier molecular flexibility index (Phi) is 6.38. The van der Waals surface area contributed by atoms with Crippen molar-refractivity contribution in [3.63, 3.8) is 0 Å². The van der Waals surface area contributed by atoms with E-state index in [1.54, 1.807) is 0 Å². The zero-order valence-corrected chi connectivity index (χ0v) is 11.4. The molecule has 0 aliphatic rings. The first-order valence-corrected chi connectivity index (χ1v) is 7.41. The number of hydrogen-bond acceptors (Lipinski definition) is 3. The van der Waals surface area contributed by atoms with Crippen LogP contribution in [0.3, 0.4) is 0 Å². The first-order chi connectivity index (χ1) is 7.77. The summed E-state index contributed by atoms with van der Waals surface area (Å²) >= 11 is 1.90. The van der Waals surface area contributed by atoms with Crippen molar-refractivity contribution in [3.8, 4) is 0 Å². The normalized spacial score (nSPS) is 12.7. The highest BCUT2D eigenvalue weighted by Gasteiger charge is 2.06. The van der Waals surface area contributed by atoms with Crippen molar-refractivity contribution < 1.29 is 0 Å². The van der Waals surface area contributed by atoms with Gasteiger partial charge < -0.3 is 9.88 Å². The van der Waals surface area contributed by atoms with Gasteiger partial charge in [0.15, 0.2) is 0 Å². The third kappa shape index (κ3) is 4.47. The maximum atomic E-state index is 4.35. The Morgan fingerprint density at radius 3 is 3.06 bits per heavy atom. The molecular weight excluding hydrogens is 218 g/mol. The molecular formula is C12H23N3S. The number of imidazole rings is 1. The van der Waals surface area contributed by atoms with Crippen LogP contribution in [-0.4, -0.2) is 28.1 Å². The number of nitrogens with one attached hydrogen (secondary N) is 1. The Morgan fingerprint density at radius 1 is 1.56 bits per heavy atom. The zero-order valence-electron chi connectivity index (χ0n) is 10.6. The quantitative estimate of drug-likeness (QED) is 0.709. The number of aromatic nitrogens is 2. The van der Waals surface area contributed by atoms with Crippen LogP contribution in [0.25, 0.3) is 0 Å². The Balaban J connectivity index is 2.43. The average molecular weight is 241 g/mol. The molecule has 0 radical (unpaired) electrons. The molecule has 3 nitrogen and oxygen atoms in total. The lowest BCUT2D eigenvalue weighted by molar-refractivity contribution is 0.534. The minimum atomic E-state index is 0.691. The molecule has 1 rings (SSSR count). The predicted molar refractivity (Wildman–Crippen MR) is 73.2 cm³/mol. The number of hydrogen-bond donors (Lipinski definition) is 1. The maximum Gasteiger partial charge on any atom is 0.202 e. The fraction of sp³-hybridized carbons (Fsp3) is 0.750. The summed E-state index contributed by atoms with van der Waals surface area (Å²) in [5.74, 6) is 2.91. The van der Waals surface area contributed by atoms with Crippen molar-refractivity contribution >= 4 is 17.7 Å². The molecule has 0 bridgehead atoms. The number of nitrogens with zero attached hydrogens (tertiary/aromatic N) is 2. The van der Waals surface area contributed by atoms with Gasteiger partial charge in [-0.05, 0) is 24.3 Å². The van der Waals surface area contributed by atoms with E-state index in [2.05, 4.69) is 41.2 Å². The Labute approximate surface area is 103 Å². The van der Waals surface area contributed by atoms with Crippen LogP contribution in [0.15, 0.2) is 12.4 Å². The second-order valence-electron chi connectivity index (χ2n) is 4.24. The summed E-state index contributed by atoms with van der Waals surface area (Å²) in [6.45, 7) is 6.56. The summed E-state index contributed by atoms with van der Waals surface area (Å²) in [5.41, 5.74) is 0. The fourth-order valence-corrected chi connectivity index (χ4v) is 2.35. The van der Waals surface area contributed by atoms with Gasteiger partial charge in [-0.15, -0.1) is 0 Å². The SMILES string of the molecule is CCCCNc1nccn1CC(C)CSC. The van der Waals surface area contributed by atoms with E-state index in [0.29, 0.717) is 5.92 Å². The van der Waals surface area contributed by atoms with E-state index in [9.17, 15) is 0 Å². The molecule has 1 N–H and O–H groups in total. The molecule has 0 saturated heterocycles. The van der Waals surface area contributed by atoms with Crippen molar-refractivity contribution in [1.29, 1.82) is 0 Å². The van der Waals surface area contributed by atoms with Gasteiger partial charge in [-0.2, -0.15) is 11.8 Å². The van der Waals surface area contributed by atoms with Crippen molar-refractivity contribution in [3.05, 3.63) is 12.4 Å². The monoisotopic (exact) mass is 241 g/mol. The van der Waals surface area contributed by atoms with E-state index < -0.39 is 0 Å². The van der Waals surface area contributed by atoms with E-state index in [-0.39, 0.29) is 0 Å².